The van der Waals surface area contributed by atoms with Crippen LogP contribution in [0.3, 0.4) is 0 Å². The van der Waals surface area contributed by atoms with E-state index in [1.165, 1.54) is 6.42 Å². The molecule has 4 nitrogen and oxygen atoms in total. The van der Waals surface area contributed by atoms with Crippen molar-refractivity contribution in [2.45, 2.75) is 67.0 Å². The predicted molar refractivity (Wildman–Crippen MR) is 75.2 cm³/mol. The van der Waals surface area contributed by atoms with Gasteiger partial charge in [0.15, 0.2) is 0 Å². The van der Waals surface area contributed by atoms with Crippen LogP contribution in [0, 0.1) is 11.3 Å². The van der Waals surface area contributed by atoms with E-state index < -0.39 is 0 Å². The predicted octanol–water partition coefficient (Wildman–Crippen LogP) is 2.93. The summed E-state index contributed by atoms with van der Waals surface area (Å²) in [5.41, 5.74) is 6.07. The van der Waals surface area contributed by atoms with E-state index in [4.69, 9.17) is 5.73 Å². The van der Waals surface area contributed by atoms with Gasteiger partial charge in [0.2, 0.25) is 0 Å². The maximum atomic E-state index is 5.71. The Bertz CT molecular complexity index is 374. The Hall–Kier alpha value is -0.900. The standard InChI is InChI=1S/C14H28N4/c1-10(2)18-12(16-17-13(18)9-15)7-11(3)8-14(4,5)6/h10-11H,7-9,15H2,1-6H3. The second kappa shape index (κ2) is 5.83. The average Bonchev–Trinajstić information content (AvgIpc) is 2.57. The Morgan fingerprint density at radius 3 is 2.11 bits per heavy atom. The fourth-order valence-electron chi connectivity index (χ4n) is 2.66. The molecule has 0 bridgehead atoms. The maximum Gasteiger partial charge on any atom is 0.147 e. The molecule has 0 amide bonds. The largest absolute Gasteiger partial charge is 0.324 e. The molecule has 0 aliphatic carbocycles. The zero-order valence-corrected chi connectivity index (χ0v) is 12.7. The molecular formula is C14H28N4. The first-order chi connectivity index (χ1) is 8.24. The van der Waals surface area contributed by atoms with Crippen LogP contribution in [0.15, 0.2) is 0 Å². The van der Waals surface area contributed by atoms with E-state index in [1.54, 1.807) is 0 Å². The third kappa shape index (κ3) is 4.09. The van der Waals surface area contributed by atoms with Gasteiger partial charge in [-0.25, -0.2) is 0 Å². The fourth-order valence-corrected chi connectivity index (χ4v) is 2.66. The highest BCUT2D eigenvalue weighted by Crippen LogP contribution is 2.26. The van der Waals surface area contributed by atoms with E-state index in [-0.39, 0.29) is 0 Å². The van der Waals surface area contributed by atoms with Crippen molar-refractivity contribution in [3.8, 4) is 0 Å². The summed E-state index contributed by atoms with van der Waals surface area (Å²) in [7, 11) is 0. The lowest BCUT2D eigenvalue weighted by Crippen LogP contribution is -2.17. The quantitative estimate of drug-likeness (QED) is 0.876. The molecule has 18 heavy (non-hydrogen) atoms. The molecule has 1 heterocycles. The molecule has 0 radical (unpaired) electrons. The monoisotopic (exact) mass is 252 g/mol. The normalized spacial score (nSPS) is 14.2. The number of hydrogen-bond acceptors (Lipinski definition) is 3. The maximum absolute atomic E-state index is 5.71. The van der Waals surface area contributed by atoms with Crippen molar-refractivity contribution in [2.75, 3.05) is 0 Å². The SMILES string of the molecule is CC(Cc1nnc(CN)n1C(C)C)CC(C)(C)C. The Kier molecular flexibility index (Phi) is 4.91. The molecule has 1 aromatic heterocycles. The van der Waals surface area contributed by atoms with Crippen LogP contribution in [-0.4, -0.2) is 14.8 Å². The van der Waals surface area contributed by atoms with Gasteiger partial charge in [0, 0.05) is 12.5 Å². The van der Waals surface area contributed by atoms with Gasteiger partial charge in [-0.05, 0) is 31.6 Å². The fraction of sp³-hybridized carbons (Fsp3) is 0.857. The lowest BCUT2D eigenvalue weighted by Gasteiger charge is -2.23. The van der Waals surface area contributed by atoms with E-state index in [0.717, 1.165) is 18.1 Å². The zero-order valence-electron chi connectivity index (χ0n) is 12.7. The van der Waals surface area contributed by atoms with E-state index in [1.807, 2.05) is 0 Å². The average molecular weight is 252 g/mol. The molecule has 1 aromatic rings. The summed E-state index contributed by atoms with van der Waals surface area (Å²) in [5.74, 6) is 2.57. The molecule has 0 aromatic carbocycles. The Morgan fingerprint density at radius 2 is 1.67 bits per heavy atom. The molecule has 104 valence electrons. The Labute approximate surface area is 111 Å². The minimum absolute atomic E-state index is 0.360. The highest BCUT2D eigenvalue weighted by atomic mass is 15.3. The van der Waals surface area contributed by atoms with Crippen LogP contribution in [0.5, 0.6) is 0 Å². The summed E-state index contributed by atoms with van der Waals surface area (Å²) in [4.78, 5) is 0. The smallest absolute Gasteiger partial charge is 0.147 e. The van der Waals surface area contributed by atoms with Crippen molar-refractivity contribution >= 4 is 0 Å². The molecule has 0 saturated carbocycles. The van der Waals surface area contributed by atoms with Gasteiger partial charge in [-0.15, -0.1) is 10.2 Å². The van der Waals surface area contributed by atoms with Crippen molar-refractivity contribution in [1.29, 1.82) is 0 Å². The van der Waals surface area contributed by atoms with Gasteiger partial charge in [0.25, 0.3) is 0 Å². The Balaban J connectivity index is 2.81. The van der Waals surface area contributed by atoms with Crippen LogP contribution in [0.2, 0.25) is 0 Å². The molecule has 0 aliphatic rings. The number of rotatable bonds is 5. The molecule has 2 N–H and O–H groups in total. The number of nitrogens with two attached hydrogens (primary N) is 1. The zero-order chi connectivity index (χ0) is 13.9. The number of aromatic nitrogens is 3. The summed E-state index contributed by atoms with van der Waals surface area (Å²) in [5, 5.41) is 8.50. The van der Waals surface area contributed by atoms with Gasteiger partial charge >= 0.3 is 0 Å². The van der Waals surface area contributed by atoms with Crippen LogP contribution in [-0.2, 0) is 13.0 Å². The molecule has 4 heteroatoms. The highest BCUT2D eigenvalue weighted by molar-refractivity contribution is 4.99. The van der Waals surface area contributed by atoms with Crippen molar-refractivity contribution in [3.63, 3.8) is 0 Å². The van der Waals surface area contributed by atoms with Crippen molar-refractivity contribution < 1.29 is 0 Å². The molecule has 1 rings (SSSR count). The van der Waals surface area contributed by atoms with Crippen molar-refractivity contribution in [3.05, 3.63) is 11.6 Å². The summed E-state index contributed by atoms with van der Waals surface area (Å²) in [6.07, 6.45) is 2.17. The highest BCUT2D eigenvalue weighted by Gasteiger charge is 2.20. The van der Waals surface area contributed by atoms with Crippen molar-refractivity contribution in [1.82, 2.24) is 14.8 Å². The summed E-state index contributed by atoms with van der Waals surface area (Å²) in [6, 6.07) is 0.371. The lowest BCUT2D eigenvalue weighted by molar-refractivity contribution is 0.301. The van der Waals surface area contributed by atoms with Gasteiger partial charge in [-0.2, -0.15) is 0 Å². The number of hydrogen-bond donors (Lipinski definition) is 1. The van der Waals surface area contributed by atoms with Gasteiger partial charge in [-0.3, -0.25) is 0 Å². The molecule has 1 atom stereocenters. The molecule has 1 unspecified atom stereocenters. The van der Waals surface area contributed by atoms with Crippen LogP contribution < -0.4 is 5.73 Å². The molecule has 0 aliphatic heterocycles. The third-order valence-electron chi connectivity index (χ3n) is 3.03. The van der Waals surface area contributed by atoms with E-state index in [2.05, 4.69) is 56.3 Å². The van der Waals surface area contributed by atoms with Crippen LogP contribution >= 0.6 is 0 Å². The lowest BCUT2D eigenvalue weighted by atomic mass is 9.84. The van der Waals surface area contributed by atoms with E-state index in [9.17, 15) is 0 Å². The van der Waals surface area contributed by atoms with E-state index >= 15 is 0 Å². The minimum atomic E-state index is 0.360. The summed E-state index contributed by atoms with van der Waals surface area (Å²) in [6.45, 7) is 13.9. The first-order valence-corrected chi connectivity index (χ1v) is 6.87. The first kappa shape index (κ1) is 15.2. The van der Waals surface area contributed by atoms with Crippen LogP contribution in [0.1, 0.15) is 65.7 Å². The first-order valence-electron chi connectivity index (χ1n) is 6.87. The second-order valence-corrected chi connectivity index (χ2v) is 6.77. The van der Waals surface area contributed by atoms with Gasteiger partial charge in [-0.1, -0.05) is 27.7 Å². The second-order valence-electron chi connectivity index (χ2n) is 6.77. The van der Waals surface area contributed by atoms with Crippen LogP contribution in [0.25, 0.3) is 0 Å². The summed E-state index contributed by atoms with van der Waals surface area (Å²) >= 11 is 0. The molecule has 0 saturated heterocycles. The Morgan fingerprint density at radius 1 is 1.11 bits per heavy atom. The summed E-state index contributed by atoms with van der Waals surface area (Å²) < 4.78 is 2.18. The minimum Gasteiger partial charge on any atom is -0.324 e. The van der Waals surface area contributed by atoms with E-state index in [0.29, 0.717) is 23.9 Å². The molecular weight excluding hydrogens is 224 g/mol. The third-order valence-corrected chi connectivity index (χ3v) is 3.03. The number of nitrogens with zero attached hydrogens (tertiary/aromatic N) is 3. The van der Waals surface area contributed by atoms with Crippen molar-refractivity contribution in [2.24, 2.45) is 17.1 Å². The van der Waals surface area contributed by atoms with Crippen LogP contribution in [0.4, 0.5) is 0 Å². The van der Waals surface area contributed by atoms with Gasteiger partial charge in [0.1, 0.15) is 11.6 Å². The van der Waals surface area contributed by atoms with Gasteiger partial charge < -0.3 is 10.3 Å². The molecule has 0 fully saturated rings. The van der Waals surface area contributed by atoms with Gasteiger partial charge in [0.05, 0.1) is 6.54 Å². The topological polar surface area (TPSA) is 56.7 Å². The molecule has 0 spiro atoms.